The first kappa shape index (κ1) is 21.6. The van der Waals surface area contributed by atoms with Gasteiger partial charge in [-0.25, -0.2) is 10.1 Å². The highest BCUT2D eigenvalue weighted by Gasteiger charge is 2.31. The topological polar surface area (TPSA) is 92.5 Å². The number of hydrogen-bond acceptors (Lipinski definition) is 5. The molecule has 1 fully saturated rings. The molecule has 0 bridgehead atoms. The van der Waals surface area contributed by atoms with Crippen molar-refractivity contribution < 1.29 is 0 Å². The van der Waals surface area contributed by atoms with E-state index in [9.17, 15) is 0 Å². The number of pyridine rings is 1. The van der Waals surface area contributed by atoms with Gasteiger partial charge in [-0.2, -0.15) is 0 Å². The summed E-state index contributed by atoms with van der Waals surface area (Å²) < 4.78 is 0. The molecule has 1 atom stereocenters. The number of fused-ring (bicyclic) bond motifs is 1. The Labute approximate surface area is 195 Å². The van der Waals surface area contributed by atoms with Crippen LogP contribution in [0.3, 0.4) is 0 Å². The van der Waals surface area contributed by atoms with Crippen molar-refractivity contribution in [1.82, 2.24) is 25.7 Å². The zero-order valence-electron chi connectivity index (χ0n) is 19.2. The molecule has 1 saturated carbocycles. The minimum Gasteiger partial charge on any atom is -0.384 e. The highest BCUT2D eigenvalue weighted by atomic mass is 15.3. The normalized spacial score (nSPS) is 21.8. The van der Waals surface area contributed by atoms with Crippen molar-refractivity contribution in [3.05, 3.63) is 83.4 Å². The number of nitrogens with zero attached hydrogens (tertiary/aromatic N) is 3. The van der Waals surface area contributed by atoms with Crippen molar-refractivity contribution in [3.8, 4) is 0 Å². The molecule has 6 nitrogen and oxygen atoms in total. The third-order valence-electron chi connectivity index (χ3n) is 7.27. The van der Waals surface area contributed by atoms with Crippen molar-refractivity contribution in [2.45, 2.75) is 56.4 Å². The number of nitrogens with one attached hydrogen (secondary N) is 2. The molecule has 5 rings (SSSR count). The Morgan fingerprint density at radius 3 is 2.48 bits per heavy atom. The quantitative estimate of drug-likeness (QED) is 0.369. The van der Waals surface area contributed by atoms with Crippen LogP contribution in [-0.2, 0) is 0 Å². The maximum atomic E-state index is 6.13. The highest BCUT2D eigenvalue weighted by Crippen LogP contribution is 2.38. The smallest absolute Gasteiger partial charge is 0.178 e. The average Bonchev–Trinajstić information content (AvgIpc) is 3.32. The molecule has 0 radical (unpaired) electrons. The molecule has 2 heterocycles. The van der Waals surface area contributed by atoms with E-state index in [1.807, 2.05) is 6.07 Å². The first-order valence-corrected chi connectivity index (χ1v) is 11.9. The predicted octanol–water partition coefficient (Wildman–Crippen LogP) is 5.16. The lowest BCUT2D eigenvalue weighted by atomic mass is 9.75. The first-order valence-electron chi connectivity index (χ1n) is 11.9. The van der Waals surface area contributed by atoms with Gasteiger partial charge in [-0.3, -0.25) is 0 Å². The number of aromatic nitrogens is 4. The maximum Gasteiger partial charge on any atom is 0.178 e. The van der Waals surface area contributed by atoms with Crippen molar-refractivity contribution >= 4 is 17.0 Å². The molecular formula is C27H32N6. The average molecular weight is 441 g/mol. The summed E-state index contributed by atoms with van der Waals surface area (Å²) in [5, 5.41) is 15.1. The van der Waals surface area contributed by atoms with Gasteiger partial charge >= 0.3 is 0 Å². The van der Waals surface area contributed by atoms with Gasteiger partial charge in [0.25, 0.3) is 0 Å². The number of nitrogens with two attached hydrogens (primary N) is 1. The third-order valence-corrected chi connectivity index (χ3v) is 7.27. The number of hydrogen-bond donors (Lipinski definition) is 3. The molecule has 2 aromatic heterocycles. The van der Waals surface area contributed by atoms with E-state index in [0.29, 0.717) is 17.4 Å². The molecule has 1 unspecified atom stereocenters. The van der Waals surface area contributed by atoms with Crippen LogP contribution in [0.5, 0.6) is 0 Å². The molecule has 0 spiro atoms. The fraction of sp³-hybridized carbons (Fsp3) is 0.370. The van der Waals surface area contributed by atoms with Gasteiger partial charge in [0.05, 0.1) is 0 Å². The van der Waals surface area contributed by atoms with E-state index < -0.39 is 0 Å². The molecule has 0 saturated heterocycles. The number of rotatable bonds is 7. The Morgan fingerprint density at radius 2 is 1.76 bits per heavy atom. The van der Waals surface area contributed by atoms with Gasteiger partial charge in [0.1, 0.15) is 11.3 Å². The van der Waals surface area contributed by atoms with Crippen LogP contribution in [0, 0.1) is 0 Å². The second-order valence-corrected chi connectivity index (χ2v) is 9.57. The van der Waals surface area contributed by atoms with E-state index in [1.165, 1.54) is 36.8 Å². The fourth-order valence-corrected chi connectivity index (χ4v) is 5.35. The lowest BCUT2D eigenvalue weighted by Gasteiger charge is -2.39. The zero-order chi connectivity index (χ0) is 22.7. The SMILES string of the molecule is CC1(NCCC(c2ccccc2)c2cc(N)nc3[nH]nnc23)CCC(c2ccccc2)CC1. The number of benzene rings is 2. The van der Waals surface area contributed by atoms with Crippen molar-refractivity contribution in [1.29, 1.82) is 0 Å². The number of aromatic amines is 1. The third kappa shape index (κ3) is 4.76. The first-order chi connectivity index (χ1) is 16.1. The van der Waals surface area contributed by atoms with E-state index in [-0.39, 0.29) is 11.5 Å². The molecule has 0 amide bonds. The highest BCUT2D eigenvalue weighted by molar-refractivity contribution is 5.77. The molecular weight excluding hydrogens is 408 g/mol. The molecule has 170 valence electrons. The second-order valence-electron chi connectivity index (χ2n) is 9.57. The molecule has 33 heavy (non-hydrogen) atoms. The molecule has 1 aliphatic carbocycles. The van der Waals surface area contributed by atoms with E-state index in [1.54, 1.807) is 0 Å². The summed E-state index contributed by atoms with van der Waals surface area (Å²) in [5.41, 5.74) is 11.6. The van der Waals surface area contributed by atoms with Crippen LogP contribution in [-0.4, -0.2) is 32.5 Å². The van der Waals surface area contributed by atoms with E-state index >= 15 is 0 Å². The van der Waals surface area contributed by atoms with Crippen LogP contribution in [0.25, 0.3) is 11.2 Å². The molecule has 1 aliphatic rings. The van der Waals surface area contributed by atoms with Crippen LogP contribution in [0.15, 0.2) is 66.7 Å². The lowest BCUT2D eigenvalue weighted by molar-refractivity contribution is 0.235. The molecule has 6 heteroatoms. The number of H-pyrrole nitrogens is 1. The lowest BCUT2D eigenvalue weighted by Crippen LogP contribution is -2.45. The largest absolute Gasteiger partial charge is 0.384 e. The summed E-state index contributed by atoms with van der Waals surface area (Å²) in [6.07, 6.45) is 5.80. The Balaban J connectivity index is 1.29. The van der Waals surface area contributed by atoms with Gasteiger partial charge in [-0.05, 0) is 74.2 Å². The second kappa shape index (κ2) is 9.32. The summed E-state index contributed by atoms with van der Waals surface area (Å²) in [5.74, 6) is 1.34. The van der Waals surface area contributed by atoms with Gasteiger partial charge < -0.3 is 11.1 Å². The van der Waals surface area contributed by atoms with E-state index in [2.05, 4.69) is 93.3 Å². The fourth-order valence-electron chi connectivity index (χ4n) is 5.35. The molecule has 2 aromatic carbocycles. The summed E-state index contributed by atoms with van der Waals surface area (Å²) in [7, 11) is 0. The monoisotopic (exact) mass is 440 g/mol. The van der Waals surface area contributed by atoms with Crippen LogP contribution < -0.4 is 11.1 Å². The van der Waals surface area contributed by atoms with Crippen molar-refractivity contribution in [2.75, 3.05) is 12.3 Å². The van der Waals surface area contributed by atoms with Gasteiger partial charge in [0.2, 0.25) is 0 Å². The van der Waals surface area contributed by atoms with Crippen LogP contribution >= 0.6 is 0 Å². The summed E-state index contributed by atoms with van der Waals surface area (Å²) >= 11 is 0. The van der Waals surface area contributed by atoms with E-state index in [4.69, 9.17) is 5.73 Å². The van der Waals surface area contributed by atoms with E-state index in [0.717, 1.165) is 24.0 Å². The van der Waals surface area contributed by atoms with Gasteiger partial charge in [-0.1, -0.05) is 65.9 Å². The van der Waals surface area contributed by atoms with Gasteiger partial charge in [0, 0.05) is 11.5 Å². The Hall–Kier alpha value is -3.25. The Morgan fingerprint density at radius 1 is 1.06 bits per heavy atom. The predicted molar refractivity (Wildman–Crippen MR) is 133 cm³/mol. The number of anilines is 1. The Kier molecular flexibility index (Phi) is 6.09. The number of nitrogen functional groups attached to an aromatic ring is 1. The van der Waals surface area contributed by atoms with Crippen molar-refractivity contribution in [3.63, 3.8) is 0 Å². The van der Waals surface area contributed by atoms with Crippen LogP contribution in [0.2, 0.25) is 0 Å². The van der Waals surface area contributed by atoms with Gasteiger partial charge in [-0.15, -0.1) is 5.10 Å². The molecule has 4 aromatic rings. The minimum absolute atomic E-state index is 0.167. The molecule has 0 aliphatic heterocycles. The van der Waals surface area contributed by atoms with Crippen molar-refractivity contribution in [2.24, 2.45) is 0 Å². The van der Waals surface area contributed by atoms with Crippen LogP contribution in [0.4, 0.5) is 5.82 Å². The zero-order valence-corrected chi connectivity index (χ0v) is 19.2. The Bertz CT molecular complexity index is 1180. The van der Waals surface area contributed by atoms with Crippen LogP contribution in [0.1, 0.15) is 67.6 Å². The summed E-state index contributed by atoms with van der Waals surface area (Å²) in [6, 6.07) is 23.5. The summed E-state index contributed by atoms with van der Waals surface area (Å²) in [4.78, 5) is 4.35. The maximum absolute atomic E-state index is 6.13. The van der Waals surface area contributed by atoms with Gasteiger partial charge in [0.15, 0.2) is 5.65 Å². The summed E-state index contributed by atoms with van der Waals surface area (Å²) in [6.45, 7) is 3.31. The standard InChI is InChI=1S/C27H32N6/c1-27(15-12-20(13-16-27)19-8-4-2-5-9-19)29-17-14-22(21-10-6-3-7-11-21)23-18-24(28)30-26-25(23)31-33-32-26/h2-11,18,20,22,29H,12-17H2,1H3,(H3,28,30,31,32,33). The molecule has 4 N–H and O–H groups in total. The minimum atomic E-state index is 0.167.